The summed E-state index contributed by atoms with van der Waals surface area (Å²) in [5, 5.41) is 10.4. The molecule has 7 nitrogen and oxygen atoms in total. The van der Waals surface area contributed by atoms with Gasteiger partial charge in [0.25, 0.3) is 5.69 Å². The summed E-state index contributed by atoms with van der Waals surface area (Å²) in [4.78, 5) is 21.0. The first-order valence-corrected chi connectivity index (χ1v) is 6.49. The summed E-state index contributed by atoms with van der Waals surface area (Å²) in [5.74, 6) is 0.228. The van der Waals surface area contributed by atoms with Gasteiger partial charge in [-0.3, -0.25) is 10.1 Å². The maximum Gasteiger partial charge on any atom is 0.269 e. The number of nitro groups is 1. The third kappa shape index (κ3) is 4.52. The first-order chi connectivity index (χ1) is 7.94. The van der Waals surface area contributed by atoms with E-state index in [9.17, 15) is 19.6 Å². The highest BCUT2D eigenvalue weighted by molar-refractivity contribution is 7.51. The summed E-state index contributed by atoms with van der Waals surface area (Å²) >= 11 is 0. The van der Waals surface area contributed by atoms with Crippen molar-refractivity contribution in [3.63, 3.8) is 0 Å². The summed E-state index contributed by atoms with van der Waals surface area (Å²) < 4.78 is 20.6. The molecule has 94 valence electrons. The van der Waals surface area contributed by atoms with Crippen LogP contribution in [0.25, 0.3) is 0 Å². The number of ether oxygens (including phenoxy) is 1. The number of non-ortho nitro benzene ring substituents is 1. The largest absolute Gasteiger partial charge is 0.776 e. The molecule has 0 heterocycles. The van der Waals surface area contributed by atoms with Gasteiger partial charge in [-0.25, -0.2) is 0 Å². The average Bonchev–Trinajstić information content (AvgIpc) is 2.27. The number of nitrogens with zero attached hydrogens (tertiary/aromatic N) is 1. The lowest BCUT2D eigenvalue weighted by atomic mass is 10.3. The second-order valence-electron chi connectivity index (χ2n) is 3.05. The minimum atomic E-state index is -4.00. The molecule has 0 bridgehead atoms. The Morgan fingerprint density at radius 3 is 2.41 bits per heavy atom. The average molecular weight is 260 g/mol. The highest BCUT2D eigenvalue weighted by Crippen LogP contribution is 2.36. The molecule has 0 aliphatic heterocycles. The number of benzene rings is 1. The summed E-state index contributed by atoms with van der Waals surface area (Å²) in [6, 6.07) is 5.10. The predicted octanol–water partition coefficient (Wildman–Crippen LogP) is 1.52. The summed E-state index contributed by atoms with van der Waals surface area (Å²) in [5.41, 5.74) is -0.0903. The SMILES string of the molecule is CCOP(=O)([O-])COc1ccc([N+](=O)[O-])cc1. The molecule has 0 radical (unpaired) electrons. The zero-order valence-electron chi connectivity index (χ0n) is 9.07. The normalized spacial score (nSPS) is 14.0. The topological polar surface area (TPSA) is 102 Å². The van der Waals surface area contributed by atoms with E-state index < -0.39 is 18.9 Å². The fourth-order valence-corrected chi connectivity index (χ4v) is 1.83. The van der Waals surface area contributed by atoms with E-state index in [4.69, 9.17) is 4.74 Å². The van der Waals surface area contributed by atoms with E-state index in [0.717, 1.165) is 0 Å². The molecular formula is C9H11NO6P-. The van der Waals surface area contributed by atoms with Gasteiger partial charge < -0.3 is 18.7 Å². The monoisotopic (exact) mass is 260 g/mol. The Labute approximate surface area is 97.7 Å². The first-order valence-electron chi connectivity index (χ1n) is 4.76. The highest BCUT2D eigenvalue weighted by atomic mass is 31.2. The molecule has 0 saturated carbocycles. The summed E-state index contributed by atoms with van der Waals surface area (Å²) in [7, 11) is -4.00. The van der Waals surface area contributed by atoms with Crippen LogP contribution in [0, 0.1) is 10.1 Å². The molecule has 0 spiro atoms. The van der Waals surface area contributed by atoms with Gasteiger partial charge in [-0.1, -0.05) is 0 Å². The Kier molecular flexibility index (Phi) is 4.62. The first kappa shape index (κ1) is 13.6. The van der Waals surface area contributed by atoms with Crippen molar-refractivity contribution in [2.24, 2.45) is 0 Å². The molecule has 0 fully saturated rings. The minimum absolute atomic E-state index is 0.0460. The van der Waals surface area contributed by atoms with Gasteiger partial charge in [0.1, 0.15) is 5.75 Å². The molecule has 0 amide bonds. The Bertz CT molecular complexity index is 432. The van der Waals surface area contributed by atoms with Crippen molar-refractivity contribution >= 4 is 13.3 Å². The maximum atomic E-state index is 11.2. The maximum absolute atomic E-state index is 11.2. The van der Waals surface area contributed by atoms with Gasteiger partial charge >= 0.3 is 0 Å². The lowest BCUT2D eigenvalue weighted by Crippen LogP contribution is -2.12. The van der Waals surface area contributed by atoms with Crippen LogP contribution in [-0.2, 0) is 9.09 Å². The van der Waals surface area contributed by atoms with Gasteiger partial charge in [0, 0.05) is 12.1 Å². The Morgan fingerprint density at radius 2 is 1.94 bits per heavy atom. The molecular weight excluding hydrogens is 249 g/mol. The van der Waals surface area contributed by atoms with Crippen molar-refractivity contribution in [1.29, 1.82) is 0 Å². The van der Waals surface area contributed by atoms with Gasteiger partial charge in [0.2, 0.25) is 0 Å². The second-order valence-corrected chi connectivity index (χ2v) is 4.79. The van der Waals surface area contributed by atoms with Gasteiger partial charge in [-0.15, -0.1) is 0 Å². The van der Waals surface area contributed by atoms with Crippen LogP contribution < -0.4 is 9.63 Å². The van der Waals surface area contributed by atoms with Crippen LogP contribution in [0.2, 0.25) is 0 Å². The van der Waals surface area contributed by atoms with Gasteiger partial charge in [0.15, 0.2) is 13.9 Å². The Morgan fingerprint density at radius 1 is 1.35 bits per heavy atom. The van der Waals surface area contributed by atoms with E-state index in [1.807, 2.05) is 0 Å². The molecule has 8 heteroatoms. The molecule has 1 atom stereocenters. The van der Waals surface area contributed by atoms with E-state index in [0.29, 0.717) is 0 Å². The molecule has 1 rings (SSSR count). The Hall–Kier alpha value is -1.43. The molecule has 1 aromatic rings. The highest BCUT2D eigenvalue weighted by Gasteiger charge is 2.09. The minimum Gasteiger partial charge on any atom is -0.776 e. The van der Waals surface area contributed by atoms with Crippen molar-refractivity contribution in [2.45, 2.75) is 6.92 Å². The van der Waals surface area contributed by atoms with Crippen LogP contribution in [0.1, 0.15) is 6.92 Å². The summed E-state index contributed by atoms with van der Waals surface area (Å²) in [6.45, 7) is 1.60. The van der Waals surface area contributed by atoms with E-state index >= 15 is 0 Å². The van der Waals surface area contributed by atoms with E-state index in [1.165, 1.54) is 24.3 Å². The molecule has 0 aliphatic rings. The third-order valence-electron chi connectivity index (χ3n) is 1.76. The number of hydrogen-bond acceptors (Lipinski definition) is 6. The van der Waals surface area contributed by atoms with Crippen LogP contribution in [-0.4, -0.2) is 17.9 Å². The van der Waals surface area contributed by atoms with Crippen molar-refractivity contribution in [2.75, 3.05) is 13.0 Å². The molecule has 1 unspecified atom stereocenters. The lowest BCUT2D eigenvalue weighted by Gasteiger charge is -2.22. The van der Waals surface area contributed by atoms with E-state index in [1.54, 1.807) is 6.92 Å². The smallest absolute Gasteiger partial charge is 0.269 e. The van der Waals surface area contributed by atoms with Crippen molar-refractivity contribution in [1.82, 2.24) is 0 Å². The quantitative estimate of drug-likeness (QED) is 0.436. The van der Waals surface area contributed by atoms with Crippen LogP contribution >= 0.6 is 7.60 Å². The van der Waals surface area contributed by atoms with Gasteiger partial charge in [-0.05, 0) is 19.1 Å². The van der Waals surface area contributed by atoms with E-state index in [-0.39, 0.29) is 18.0 Å². The van der Waals surface area contributed by atoms with E-state index in [2.05, 4.69) is 4.52 Å². The molecule has 0 N–H and O–H groups in total. The number of hydrogen-bond donors (Lipinski definition) is 0. The fourth-order valence-electron chi connectivity index (χ4n) is 1.05. The van der Waals surface area contributed by atoms with Crippen LogP contribution in [0.3, 0.4) is 0 Å². The van der Waals surface area contributed by atoms with Crippen molar-refractivity contribution in [3.05, 3.63) is 34.4 Å². The standard InChI is InChI=1S/C9H12NO6P/c1-2-16-17(13,14)7-15-9-5-3-8(4-6-9)10(11)12/h3-6H,2,7H2,1H3,(H,13,14)/p-1. The van der Waals surface area contributed by atoms with Crippen LogP contribution in [0.4, 0.5) is 5.69 Å². The molecule has 1 aromatic carbocycles. The Balaban J connectivity index is 2.58. The van der Waals surface area contributed by atoms with Crippen LogP contribution in [0.15, 0.2) is 24.3 Å². The van der Waals surface area contributed by atoms with Crippen LogP contribution in [0.5, 0.6) is 5.75 Å². The van der Waals surface area contributed by atoms with Gasteiger partial charge in [0.05, 0.1) is 11.5 Å². The molecule has 0 saturated heterocycles. The zero-order chi connectivity index (χ0) is 12.9. The number of rotatable bonds is 6. The van der Waals surface area contributed by atoms with Gasteiger partial charge in [-0.2, -0.15) is 0 Å². The third-order valence-corrected chi connectivity index (χ3v) is 2.86. The fraction of sp³-hybridized carbons (Fsp3) is 0.333. The van der Waals surface area contributed by atoms with Crippen molar-refractivity contribution < 1.29 is 23.6 Å². The number of nitro benzene ring substituents is 1. The zero-order valence-corrected chi connectivity index (χ0v) is 9.96. The second kappa shape index (κ2) is 5.77. The molecule has 0 aromatic heterocycles. The lowest BCUT2D eigenvalue weighted by molar-refractivity contribution is -0.384. The predicted molar refractivity (Wildman–Crippen MR) is 57.8 cm³/mol. The van der Waals surface area contributed by atoms with Crippen molar-refractivity contribution in [3.8, 4) is 5.75 Å². The molecule has 17 heavy (non-hydrogen) atoms. The molecule has 0 aliphatic carbocycles. The summed E-state index contributed by atoms with van der Waals surface area (Å²) in [6.07, 6.45) is -0.599.